The second-order valence-corrected chi connectivity index (χ2v) is 6.79. The van der Waals surface area contributed by atoms with Crippen LogP contribution in [0.2, 0.25) is 0 Å². The maximum atomic E-state index is 12.5. The molecule has 2 nitrogen and oxygen atoms in total. The van der Waals surface area contributed by atoms with Gasteiger partial charge in [-0.1, -0.05) is 43.2 Å². The second kappa shape index (κ2) is 5.34. The summed E-state index contributed by atoms with van der Waals surface area (Å²) in [5.74, 6) is -1.52. The molecule has 0 saturated heterocycles. The number of esters is 1. The summed E-state index contributed by atoms with van der Waals surface area (Å²) in [7, 11) is 0. The van der Waals surface area contributed by atoms with Gasteiger partial charge in [0.15, 0.2) is 0 Å². The van der Waals surface area contributed by atoms with E-state index in [1.165, 1.54) is 5.57 Å². The lowest BCUT2D eigenvalue weighted by atomic mass is 10.1. The summed E-state index contributed by atoms with van der Waals surface area (Å²) in [6.45, 7) is 5.46. The van der Waals surface area contributed by atoms with Crippen LogP contribution < -0.4 is 0 Å². The number of hydrogen-bond donors (Lipinski definition) is 0. The predicted octanol–water partition coefficient (Wildman–Crippen LogP) is 4.60. The zero-order valence-corrected chi connectivity index (χ0v) is 12.9. The van der Waals surface area contributed by atoms with Gasteiger partial charge in [0.05, 0.1) is 5.92 Å². The molecule has 0 N–H and O–H groups in total. The van der Waals surface area contributed by atoms with E-state index in [4.69, 9.17) is 16.3 Å². The van der Waals surface area contributed by atoms with Crippen molar-refractivity contribution >= 4 is 17.6 Å². The first kappa shape index (κ1) is 16.4. The highest BCUT2D eigenvalue weighted by Gasteiger charge is 2.62. The van der Waals surface area contributed by atoms with Crippen LogP contribution >= 0.6 is 11.6 Å². The van der Waals surface area contributed by atoms with Gasteiger partial charge >= 0.3 is 12.1 Å². The Morgan fingerprint density at radius 1 is 1.48 bits per heavy atom. The third kappa shape index (κ3) is 3.44. The Bertz CT molecular complexity index is 506. The molecule has 0 spiro atoms. The summed E-state index contributed by atoms with van der Waals surface area (Å²) in [6.07, 6.45) is -0.436. The van der Waals surface area contributed by atoms with Crippen LogP contribution in [0.1, 0.15) is 33.6 Å². The Balaban J connectivity index is 1.99. The number of hydrogen-bond acceptors (Lipinski definition) is 2. The molecule has 2 rings (SSSR count). The molecule has 21 heavy (non-hydrogen) atoms. The first-order chi connectivity index (χ1) is 9.53. The Morgan fingerprint density at radius 3 is 2.57 bits per heavy atom. The minimum atomic E-state index is -4.57. The van der Waals surface area contributed by atoms with Gasteiger partial charge in [0.2, 0.25) is 0 Å². The summed E-state index contributed by atoms with van der Waals surface area (Å²) in [4.78, 5) is 12.1. The van der Waals surface area contributed by atoms with Gasteiger partial charge in [-0.15, -0.1) is 0 Å². The molecular formula is C15H18ClF3O2. The molecule has 0 aromatic rings. The zero-order chi connectivity index (χ0) is 16.0. The normalized spacial score (nSPS) is 31.9. The molecule has 0 bridgehead atoms. The van der Waals surface area contributed by atoms with Gasteiger partial charge in [-0.25, -0.2) is 0 Å². The van der Waals surface area contributed by atoms with Crippen LogP contribution in [-0.4, -0.2) is 18.2 Å². The number of carbonyl (C=O) groups excluding carboxylic acids is 1. The molecule has 0 aromatic carbocycles. The lowest BCUT2D eigenvalue weighted by molar-refractivity contribution is -0.151. The summed E-state index contributed by atoms with van der Waals surface area (Å²) >= 11 is 5.25. The monoisotopic (exact) mass is 322 g/mol. The SMILES string of the molecule is CC1=CCC(OC(=O)[C@H]2[C@@H](/C=C(\Cl)C(F)(F)F)C2(C)C)C1. The van der Waals surface area contributed by atoms with E-state index < -0.39 is 34.4 Å². The molecule has 0 aliphatic heterocycles. The Kier molecular flexibility index (Phi) is 4.17. The predicted molar refractivity (Wildman–Crippen MR) is 73.6 cm³/mol. The van der Waals surface area contributed by atoms with Crippen LogP contribution in [0.15, 0.2) is 22.8 Å². The fourth-order valence-corrected chi connectivity index (χ4v) is 3.01. The molecule has 0 heterocycles. The van der Waals surface area contributed by atoms with Gasteiger partial charge < -0.3 is 4.74 Å². The lowest BCUT2D eigenvalue weighted by Crippen LogP contribution is -2.18. The fourth-order valence-electron chi connectivity index (χ4n) is 2.88. The molecule has 1 fully saturated rings. The minimum Gasteiger partial charge on any atom is -0.461 e. The van der Waals surface area contributed by atoms with E-state index in [0.717, 1.165) is 6.08 Å². The quantitative estimate of drug-likeness (QED) is 0.561. The van der Waals surface area contributed by atoms with Gasteiger partial charge in [0.25, 0.3) is 0 Å². The van der Waals surface area contributed by atoms with Crippen molar-refractivity contribution in [3.05, 3.63) is 22.8 Å². The van der Waals surface area contributed by atoms with Crippen molar-refractivity contribution in [1.29, 1.82) is 0 Å². The van der Waals surface area contributed by atoms with Crippen molar-refractivity contribution in [2.24, 2.45) is 17.3 Å². The van der Waals surface area contributed by atoms with Gasteiger partial charge in [-0.05, 0) is 18.3 Å². The van der Waals surface area contributed by atoms with Crippen molar-refractivity contribution in [1.82, 2.24) is 0 Å². The van der Waals surface area contributed by atoms with Crippen molar-refractivity contribution in [3.63, 3.8) is 0 Å². The van der Waals surface area contributed by atoms with E-state index in [9.17, 15) is 18.0 Å². The molecule has 3 atom stereocenters. The van der Waals surface area contributed by atoms with Crippen molar-refractivity contribution in [2.75, 3.05) is 0 Å². The lowest BCUT2D eigenvalue weighted by Gasteiger charge is -2.12. The topological polar surface area (TPSA) is 26.3 Å². The molecule has 1 saturated carbocycles. The zero-order valence-electron chi connectivity index (χ0n) is 12.1. The Morgan fingerprint density at radius 2 is 2.10 bits per heavy atom. The van der Waals surface area contributed by atoms with E-state index in [0.29, 0.717) is 12.8 Å². The van der Waals surface area contributed by atoms with Gasteiger partial charge in [0.1, 0.15) is 11.1 Å². The smallest absolute Gasteiger partial charge is 0.426 e. The van der Waals surface area contributed by atoms with Crippen LogP contribution in [0.3, 0.4) is 0 Å². The number of allylic oxidation sites excluding steroid dienone is 2. The van der Waals surface area contributed by atoms with E-state index in [-0.39, 0.29) is 6.10 Å². The summed E-state index contributed by atoms with van der Waals surface area (Å²) < 4.78 is 42.8. The Hall–Kier alpha value is -0.970. The summed E-state index contributed by atoms with van der Waals surface area (Å²) in [6, 6.07) is 0. The van der Waals surface area contributed by atoms with Crippen LogP contribution in [0.5, 0.6) is 0 Å². The highest BCUT2D eigenvalue weighted by molar-refractivity contribution is 6.30. The van der Waals surface area contributed by atoms with E-state index in [1.807, 2.05) is 13.0 Å². The minimum absolute atomic E-state index is 0.184. The highest BCUT2D eigenvalue weighted by atomic mass is 35.5. The van der Waals surface area contributed by atoms with E-state index in [2.05, 4.69) is 0 Å². The number of halogens is 4. The molecule has 1 unspecified atom stereocenters. The average molecular weight is 323 g/mol. The largest absolute Gasteiger partial charge is 0.461 e. The van der Waals surface area contributed by atoms with E-state index >= 15 is 0 Å². The summed E-state index contributed by atoms with van der Waals surface area (Å²) in [5.41, 5.74) is 0.614. The third-order valence-corrected chi connectivity index (χ3v) is 4.66. The van der Waals surface area contributed by atoms with Gasteiger partial charge in [-0.3, -0.25) is 4.79 Å². The first-order valence-electron chi connectivity index (χ1n) is 6.84. The van der Waals surface area contributed by atoms with Crippen LogP contribution in [0.4, 0.5) is 13.2 Å². The van der Waals surface area contributed by atoms with Crippen LogP contribution in [0, 0.1) is 17.3 Å². The second-order valence-electron chi connectivity index (χ2n) is 6.39. The summed E-state index contributed by atoms with van der Waals surface area (Å²) in [5, 5.41) is -1.17. The van der Waals surface area contributed by atoms with Gasteiger partial charge in [-0.2, -0.15) is 13.2 Å². The van der Waals surface area contributed by atoms with Crippen LogP contribution in [-0.2, 0) is 9.53 Å². The number of alkyl halides is 3. The molecule has 0 radical (unpaired) electrons. The molecule has 0 aromatic heterocycles. The van der Waals surface area contributed by atoms with Crippen LogP contribution in [0.25, 0.3) is 0 Å². The number of carbonyl (C=O) groups is 1. The third-order valence-electron chi connectivity index (χ3n) is 4.32. The first-order valence-corrected chi connectivity index (χ1v) is 7.22. The standard InChI is InChI=1S/C15H18ClF3O2/c1-8-4-5-9(6-8)21-13(20)12-10(14(12,2)3)7-11(16)15(17,18)19/h4,7,9-10,12H,5-6H2,1-3H3/b11-7-/t9?,10-,12-/m1/s1. The molecule has 0 amide bonds. The molecule has 118 valence electrons. The maximum Gasteiger partial charge on any atom is 0.426 e. The van der Waals surface area contributed by atoms with Crippen molar-refractivity contribution in [2.45, 2.75) is 45.9 Å². The maximum absolute atomic E-state index is 12.5. The molecule has 2 aliphatic carbocycles. The van der Waals surface area contributed by atoms with Crippen molar-refractivity contribution < 1.29 is 22.7 Å². The highest BCUT2D eigenvalue weighted by Crippen LogP contribution is 2.60. The number of rotatable bonds is 3. The molecular weight excluding hydrogens is 305 g/mol. The molecule has 6 heteroatoms. The van der Waals surface area contributed by atoms with E-state index in [1.54, 1.807) is 13.8 Å². The van der Waals surface area contributed by atoms with Crippen molar-refractivity contribution in [3.8, 4) is 0 Å². The van der Waals surface area contributed by atoms with Gasteiger partial charge in [0, 0.05) is 12.8 Å². The fraction of sp³-hybridized carbons (Fsp3) is 0.667. The molecule has 2 aliphatic rings. The number of ether oxygens (including phenoxy) is 1. The average Bonchev–Trinajstić information content (AvgIpc) is 2.65. The Labute approximate surface area is 127 Å².